The molecular formula is C31H34F3N3O4. The fraction of sp³-hybridized carbons (Fsp3) is 0.419. The Kier molecular flexibility index (Phi) is 8.13. The molecular weight excluding hydrogens is 535 g/mol. The first kappa shape index (κ1) is 28.7. The highest BCUT2D eigenvalue weighted by Crippen LogP contribution is 2.45. The number of carbonyl (C=O) groups excluding carboxylic acids is 2. The van der Waals surface area contributed by atoms with Gasteiger partial charge in [0, 0.05) is 56.4 Å². The van der Waals surface area contributed by atoms with Crippen LogP contribution in [0, 0.1) is 5.92 Å². The number of para-hydroxylation sites is 2. The Labute approximate surface area is 237 Å². The first-order valence-electron chi connectivity index (χ1n) is 13.9. The number of piperidine rings is 3. The van der Waals surface area contributed by atoms with Crippen molar-refractivity contribution in [1.82, 2.24) is 9.47 Å². The summed E-state index contributed by atoms with van der Waals surface area (Å²) in [7, 11) is 2.05. The Morgan fingerprint density at radius 2 is 1.51 bits per heavy atom. The topological polar surface area (TPSA) is 74.6 Å². The Balaban J connectivity index is 0.000000431. The van der Waals surface area contributed by atoms with E-state index in [1.807, 2.05) is 55.6 Å². The number of nitrogens with zero attached hydrogens (tertiary/aromatic N) is 3. The summed E-state index contributed by atoms with van der Waals surface area (Å²) in [6.07, 6.45) is 2.76. The summed E-state index contributed by atoms with van der Waals surface area (Å²) < 4.78 is 41.1. The van der Waals surface area contributed by atoms with Gasteiger partial charge in [0.2, 0.25) is 5.91 Å². The van der Waals surface area contributed by atoms with Crippen molar-refractivity contribution in [2.75, 3.05) is 33.2 Å². The smallest absolute Gasteiger partial charge is 0.430 e. The van der Waals surface area contributed by atoms with Gasteiger partial charge < -0.3 is 28.6 Å². The van der Waals surface area contributed by atoms with Crippen molar-refractivity contribution in [2.24, 2.45) is 5.92 Å². The molecule has 0 spiro atoms. The summed E-state index contributed by atoms with van der Waals surface area (Å²) in [6.45, 7) is 5.89. The minimum Gasteiger partial charge on any atom is -0.542 e. The van der Waals surface area contributed by atoms with Gasteiger partial charge in [-0.3, -0.25) is 4.79 Å². The summed E-state index contributed by atoms with van der Waals surface area (Å²) in [5.41, 5.74) is 1.96. The van der Waals surface area contributed by atoms with Crippen molar-refractivity contribution >= 4 is 11.9 Å². The summed E-state index contributed by atoms with van der Waals surface area (Å²) in [6, 6.07) is 20.5. The number of quaternary nitrogens is 1. The molecule has 0 radical (unpaired) electrons. The Morgan fingerprint density at radius 1 is 0.976 bits per heavy atom. The average Bonchev–Trinajstić information content (AvgIpc) is 3.49. The third kappa shape index (κ3) is 6.12. The van der Waals surface area contributed by atoms with Gasteiger partial charge in [0.1, 0.15) is 17.5 Å². The number of hydrogen-bond donors (Lipinski definition) is 0. The number of halogens is 3. The first-order valence-corrected chi connectivity index (χ1v) is 13.9. The Morgan fingerprint density at radius 3 is 2.05 bits per heavy atom. The fourth-order valence-corrected chi connectivity index (χ4v) is 6.65. The fourth-order valence-electron chi connectivity index (χ4n) is 6.65. The van der Waals surface area contributed by atoms with Crippen LogP contribution in [0.5, 0.6) is 11.5 Å². The zero-order valence-corrected chi connectivity index (χ0v) is 22.9. The van der Waals surface area contributed by atoms with Gasteiger partial charge in [-0.1, -0.05) is 36.4 Å². The molecule has 3 saturated heterocycles. The number of benzene rings is 2. The molecule has 0 aliphatic carbocycles. The molecule has 1 atom stereocenters. The molecule has 41 heavy (non-hydrogen) atoms. The number of aromatic nitrogens is 1. The molecule has 0 saturated carbocycles. The average molecular weight is 570 g/mol. The van der Waals surface area contributed by atoms with Crippen LogP contribution >= 0.6 is 0 Å². The van der Waals surface area contributed by atoms with Gasteiger partial charge in [0.15, 0.2) is 0 Å². The monoisotopic (exact) mass is 569 g/mol. The van der Waals surface area contributed by atoms with Crippen LogP contribution < -0.4 is 9.84 Å². The van der Waals surface area contributed by atoms with Gasteiger partial charge in [0.25, 0.3) is 0 Å². The van der Waals surface area contributed by atoms with E-state index >= 15 is 0 Å². The molecule has 1 aromatic heterocycles. The standard InChI is InChI=1S/C29H34N3O2.C2HF3O2/c1-30(25-21-32(19-13-22(25)14-20-32)18-8-17-31-15-6-7-16-31)29(33)28-23-9-2-4-11-26(23)34-27-12-5-3-10-24(27)28;3-2(4,5)1(6)7/h2-7,9-12,15-16,22,25,28H,8,13-14,17-21H2,1H3;(H,6,7)/q+1;/p-1. The van der Waals surface area contributed by atoms with Crippen LogP contribution in [0.25, 0.3) is 0 Å². The van der Waals surface area contributed by atoms with Crippen LogP contribution in [0.15, 0.2) is 73.1 Å². The number of fused-ring (bicyclic) bond motifs is 5. The van der Waals surface area contributed by atoms with Crippen molar-refractivity contribution < 1.29 is 37.1 Å². The highest BCUT2D eigenvalue weighted by Gasteiger charge is 2.49. The maximum atomic E-state index is 14.1. The van der Waals surface area contributed by atoms with Crippen LogP contribution in [-0.2, 0) is 16.1 Å². The molecule has 7 rings (SSSR count). The molecule has 3 aromatic rings. The summed E-state index contributed by atoms with van der Waals surface area (Å²) in [5.74, 6) is -0.891. The number of ether oxygens (including phenoxy) is 1. The highest BCUT2D eigenvalue weighted by atomic mass is 19.4. The predicted octanol–water partition coefficient (Wildman–Crippen LogP) is 4.18. The van der Waals surface area contributed by atoms with Crippen molar-refractivity contribution in [3.63, 3.8) is 0 Å². The molecule has 5 heterocycles. The number of alkyl halides is 3. The van der Waals surface area contributed by atoms with Crippen LogP contribution in [0.1, 0.15) is 36.3 Å². The first-order chi connectivity index (χ1) is 19.6. The van der Waals surface area contributed by atoms with Gasteiger partial charge in [-0.2, -0.15) is 13.2 Å². The summed E-state index contributed by atoms with van der Waals surface area (Å²) >= 11 is 0. The molecule has 218 valence electrons. The number of amides is 1. The van der Waals surface area contributed by atoms with Gasteiger partial charge in [-0.25, -0.2) is 0 Å². The molecule has 0 N–H and O–H groups in total. The van der Waals surface area contributed by atoms with Crippen LogP contribution in [0.2, 0.25) is 0 Å². The zero-order valence-electron chi connectivity index (χ0n) is 22.9. The molecule has 2 bridgehead atoms. The quantitative estimate of drug-likeness (QED) is 0.418. The molecule has 2 aromatic carbocycles. The lowest BCUT2D eigenvalue weighted by molar-refractivity contribution is -0.945. The second kappa shape index (κ2) is 11.6. The normalized spacial score (nSPS) is 22.9. The second-order valence-corrected chi connectivity index (χ2v) is 11.2. The number of carboxylic acids is 1. The van der Waals surface area contributed by atoms with Gasteiger partial charge in [-0.05, 0) is 30.2 Å². The van der Waals surface area contributed by atoms with Crippen molar-refractivity contribution in [2.45, 2.75) is 43.9 Å². The third-order valence-electron chi connectivity index (χ3n) is 8.79. The lowest BCUT2D eigenvalue weighted by atomic mass is 9.79. The Hall–Kier alpha value is -3.79. The zero-order chi connectivity index (χ0) is 29.2. The van der Waals surface area contributed by atoms with Gasteiger partial charge in [0.05, 0.1) is 38.1 Å². The highest BCUT2D eigenvalue weighted by molar-refractivity contribution is 5.89. The van der Waals surface area contributed by atoms with Gasteiger partial charge in [-0.15, -0.1) is 0 Å². The molecule has 4 aliphatic heterocycles. The van der Waals surface area contributed by atoms with Crippen molar-refractivity contribution in [3.05, 3.63) is 84.2 Å². The number of hydrogen-bond acceptors (Lipinski definition) is 4. The third-order valence-corrected chi connectivity index (χ3v) is 8.79. The van der Waals surface area contributed by atoms with Crippen molar-refractivity contribution in [1.29, 1.82) is 0 Å². The van der Waals surface area contributed by atoms with Crippen molar-refractivity contribution in [3.8, 4) is 11.5 Å². The maximum absolute atomic E-state index is 14.1. The second-order valence-electron chi connectivity index (χ2n) is 11.2. The number of aliphatic carboxylic acids is 1. The van der Waals surface area contributed by atoms with E-state index in [2.05, 4.69) is 34.0 Å². The van der Waals surface area contributed by atoms with E-state index in [4.69, 9.17) is 14.6 Å². The van der Waals surface area contributed by atoms with E-state index in [1.165, 1.54) is 43.4 Å². The van der Waals surface area contributed by atoms with E-state index in [0.29, 0.717) is 12.0 Å². The molecule has 1 amide bonds. The van der Waals surface area contributed by atoms with Crippen LogP contribution in [-0.4, -0.2) is 71.3 Å². The number of aryl methyl sites for hydroxylation is 1. The lowest BCUT2D eigenvalue weighted by Crippen LogP contribution is -2.67. The summed E-state index contributed by atoms with van der Waals surface area (Å²) in [5, 5.41) is 8.78. The maximum Gasteiger partial charge on any atom is 0.430 e. The molecule has 7 nitrogen and oxygen atoms in total. The number of carboxylic acid groups (broad SMARTS) is 1. The number of carbonyl (C=O) groups is 2. The number of rotatable bonds is 6. The van der Waals surface area contributed by atoms with E-state index in [1.54, 1.807) is 0 Å². The molecule has 1 unspecified atom stereocenters. The molecule has 4 aliphatic rings. The molecule has 10 heteroatoms. The predicted molar refractivity (Wildman–Crippen MR) is 144 cm³/mol. The summed E-state index contributed by atoms with van der Waals surface area (Å²) in [4.78, 5) is 25.0. The number of likely N-dealkylation sites (N-methyl/N-ethyl adjacent to an activating group) is 1. The van der Waals surface area contributed by atoms with E-state index in [-0.39, 0.29) is 11.8 Å². The van der Waals surface area contributed by atoms with Crippen LogP contribution in [0.4, 0.5) is 13.2 Å². The van der Waals surface area contributed by atoms with E-state index < -0.39 is 12.1 Å². The molecule has 3 fully saturated rings. The van der Waals surface area contributed by atoms with Crippen LogP contribution in [0.3, 0.4) is 0 Å². The Bertz CT molecular complexity index is 1320. The largest absolute Gasteiger partial charge is 0.542 e. The minimum atomic E-state index is -5.19. The van der Waals surface area contributed by atoms with E-state index in [9.17, 15) is 18.0 Å². The van der Waals surface area contributed by atoms with Gasteiger partial charge >= 0.3 is 6.18 Å². The SMILES string of the molecule is CN(C(=O)C1c2ccccc2Oc2ccccc21)C1C[N+]2(CCCn3cccc3)CCC1CC2.O=C([O-])C(F)(F)F. The van der Waals surface area contributed by atoms with E-state index in [0.717, 1.165) is 35.7 Å². The minimum absolute atomic E-state index is 0.201. The lowest BCUT2D eigenvalue weighted by Gasteiger charge is -2.55.